The SMILES string of the molecule is O=Cc1nccc2c(C3CCC(=O)NC3=O)cccc12. The Kier molecular flexibility index (Phi) is 3.02. The predicted octanol–water partition coefficient (Wildman–Crippen LogP) is 1.57. The minimum Gasteiger partial charge on any atom is -0.296 e. The lowest BCUT2D eigenvalue weighted by molar-refractivity contribution is -0.134. The second kappa shape index (κ2) is 4.85. The van der Waals surface area contributed by atoms with E-state index in [1.54, 1.807) is 24.4 Å². The average molecular weight is 268 g/mol. The van der Waals surface area contributed by atoms with Gasteiger partial charge < -0.3 is 0 Å². The van der Waals surface area contributed by atoms with Gasteiger partial charge in [-0.05, 0) is 23.4 Å². The molecule has 2 amide bonds. The number of imide groups is 1. The number of aldehydes is 1. The number of hydrogen-bond acceptors (Lipinski definition) is 4. The van der Waals surface area contributed by atoms with Crippen molar-refractivity contribution in [1.82, 2.24) is 10.3 Å². The van der Waals surface area contributed by atoms with E-state index < -0.39 is 0 Å². The maximum absolute atomic E-state index is 12.0. The third-order valence-corrected chi connectivity index (χ3v) is 3.60. The second-order valence-electron chi connectivity index (χ2n) is 4.76. The maximum Gasteiger partial charge on any atom is 0.234 e. The number of piperidine rings is 1. The van der Waals surface area contributed by atoms with E-state index in [-0.39, 0.29) is 17.7 Å². The van der Waals surface area contributed by atoms with E-state index in [1.165, 1.54) is 0 Å². The largest absolute Gasteiger partial charge is 0.296 e. The van der Waals surface area contributed by atoms with Crippen molar-refractivity contribution in [2.24, 2.45) is 0 Å². The molecule has 0 spiro atoms. The zero-order valence-electron chi connectivity index (χ0n) is 10.6. The lowest BCUT2D eigenvalue weighted by Crippen LogP contribution is -2.39. The van der Waals surface area contributed by atoms with Crippen LogP contribution < -0.4 is 5.32 Å². The van der Waals surface area contributed by atoms with Crippen molar-refractivity contribution in [2.75, 3.05) is 0 Å². The van der Waals surface area contributed by atoms with Crippen LogP contribution in [0.25, 0.3) is 10.8 Å². The van der Waals surface area contributed by atoms with Crippen LogP contribution in [-0.4, -0.2) is 23.1 Å². The Morgan fingerprint density at radius 1 is 1.20 bits per heavy atom. The molecule has 2 heterocycles. The van der Waals surface area contributed by atoms with Crippen molar-refractivity contribution in [3.8, 4) is 0 Å². The van der Waals surface area contributed by atoms with Gasteiger partial charge in [0.2, 0.25) is 11.8 Å². The smallest absolute Gasteiger partial charge is 0.234 e. The first-order valence-electron chi connectivity index (χ1n) is 6.37. The van der Waals surface area contributed by atoms with Gasteiger partial charge in [0.05, 0.1) is 5.92 Å². The number of fused-ring (bicyclic) bond motifs is 1. The molecule has 1 unspecified atom stereocenters. The molecule has 1 atom stereocenters. The Bertz CT molecular complexity index is 724. The number of rotatable bonds is 2. The number of carbonyl (C=O) groups is 3. The number of benzene rings is 1. The monoisotopic (exact) mass is 268 g/mol. The fourth-order valence-electron chi connectivity index (χ4n) is 2.64. The molecule has 2 aromatic rings. The zero-order chi connectivity index (χ0) is 14.1. The molecule has 0 bridgehead atoms. The average Bonchev–Trinajstić information content (AvgIpc) is 2.46. The molecule has 100 valence electrons. The van der Waals surface area contributed by atoms with Crippen molar-refractivity contribution in [3.05, 3.63) is 41.7 Å². The van der Waals surface area contributed by atoms with Crippen LogP contribution in [0, 0.1) is 0 Å². The summed E-state index contributed by atoms with van der Waals surface area (Å²) in [4.78, 5) is 38.3. The first-order valence-corrected chi connectivity index (χ1v) is 6.37. The van der Waals surface area contributed by atoms with E-state index >= 15 is 0 Å². The number of carbonyl (C=O) groups excluding carboxylic acids is 3. The Morgan fingerprint density at radius 3 is 2.80 bits per heavy atom. The summed E-state index contributed by atoms with van der Waals surface area (Å²) in [5.41, 5.74) is 1.19. The third-order valence-electron chi connectivity index (χ3n) is 3.60. The van der Waals surface area contributed by atoms with Crippen LogP contribution in [-0.2, 0) is 9.59 Å². The first-order chi connectivity index (χ1) is 9.70. The van der Waals surface area contributed by atoms with Gasteiger partial charge in [-0.25, -0.2) is 0 Å². The van der Waals surface area contributed by atoms with Gasteiger partial charge in [0.25, 0.3) is 0 Å². The molecular formula is C15H12N2O3. The van der Waals surface area contributed by atoms with Gasteiger partial charge >= 0.3 is 0 Å². The summed E-state index contributed by atoms with van der Waals surface area (Å²) in [6, 6.07) is 7.26. The normalized spacial score (nSPS) is 18.9. The Morgan fingerprint density at radius 2 is 2.05 bits per heavy atom. The van der Waals surface area contributed by atoms with E-state index in [0.717, 1.165) is 16.3 Å². The first kappa shape index (κ1) is 12.5. The van der Waals surface area contributed by atoms with Gasteiger partial charge in [-0.3, -0.25) is 24.7 Å². The van der Waals surface area contributed by atoms with Crippen LogP contribution in [0.1, 0.15) is 34.8 Å². The molecule has 0 radical (unpaired) electrons. The summed E-state index contributed by atoms with van der Waals surface area (Å²) in [5.74, 6) is -0.877. The van der Waals surface area contributed by atoms with Crippen molar-refractivity contribution in [1.29, 1.82) is 0 Å². The molecule has 1 aliphatic rings. The van der Waals surface area contributed by atoms with E-state index in [9.17, 15) is 14.4 Å². The van der Waals surface area contributed by atoms with Gasteiger partial charge in [0.1, 0.15) is 5.69 Å². The predicted molar refractivity (Wildman–Crippen MR) is 72.3 cm³/mol. The summed E-state index contributed by atoms with van der Waals surface area (Å²) in [7, 11) is 0. The maximum atomic E-state index is 12.0. The van der Waals surface area contributed by atoms with Gasteiger partial charge in [0, 0.05) is 18.0 Å². The van der Waals surface area contributed by atoms with Crippen LogP contribution >= 0.6 is 0 Å². The van der Waals surface area contributed by atoms with E-state index in [1.807, 2.05) is 6.07 Å². The fraction of sp³-hybridized carbons (Fsp3) is 0.200. The molecule has 1 saturated heterocycles. The number of aromatic nitrogens is 1. The molecule has 1 aromatic carbocycles. The lowest BCUT2D eigenvalue weighted by atomic mass is 9.87. The third kappa shape index (κ3) is 1.97. The summed E-state index contributed by atoms with van der Waals surface area (Å²) in [5, 5.41) is 3.92. The minimum absolute atomic E-state index is 0.235. The van der Waals surface area contributed by atoms with Crippen LogP contribution in [0.5, 0.6) is 0 Å². The molecule has 5 heteroatoms. The highest BCUT2D eigenvalue weighted by Gasteiger charge is 2.29. The topological polar surface area (TPSA) is 76.1 Å². The van der Waals surface area contributed by atoms with Gasteiger partial charge in [-0.15, -0.1) is 0 Å². The summed E-state index contributed by atoms with van der Waals surface area (Å²) < 4.78 is 0. The molecule has 1 aromatic heterocycles. The van der Waals surface area contributed by atoms with E-state index in [0.29, 0.717) is 24.8 Å². The summed E-state index contributed by atoms with van der Waals surface area (Å²) in [6.45, 7) is 0. The van der Waals surface area contributed by atoms with E-state index in [4.69, 9.17) is 0 Å². The second-order valence-corrected chi connectivity index (χ2v) is 4.76. The number of nitrogens with one attached hydrogen (secondary N) is 1. The Balaban J connectivity index is 2.15. The van der Waals surface area contributed by atoms with Crippen molar-refractivity contribution in [2.45, 2.75) is 18.8 Å². The number of nitrogens with zero attached hydrogens (tertiary/aromatic N) is 1. The molecule has 5 nitrogen and oxygen atoms in total. The lowest BCUT2D eigenvalue weighted by Gasteiger charge is -2.22. The van der Waals surface area contributed by atoms with Gasteiger partial charge in [0.15, 0.2) is 6.29 Å². The van der Waals surface area contributed by atoms with Crippen LogP contribution in [0.4, 0.5) is 0 Å². The molecule has 3 rings (SSSR count). The van der Waals surface area contributed by atoms with Crippen LogP contribution in [0.15, 0.2) is 30.5 Å². The number of pyridine rings is 1. The van der Waals surface area contributed by atoms with Crippen LogP contribution in [0.2, 0.25) is 0 Å². The number of hydrogen-bond donors (Lipinski definition) is 1. The van der Waals surface area contributed by atoms with E-state index in [2.05, 4.69) is 10.3 Å². The van der Waals surface area contributed by atoms with Crippen LogP contribution in [0.3, 0.4) is 0 Å². The van der Waals surface area contributed by atoms with Crippen molar-refractivity contribution in [3.63, 3.8) is 0 Å². The molecule has 1 fully saturated rings. The van der Waals surface area contributed by atoms with Gasteiger partial charge in [-0.2, -0.15) is 0 Å². The minimum atomic E-state index is -0.363. The Labute approximate surface area is 115 Å². The Hall–Kier alpha value is -2.56. The molecule has 1 N–H and O–H groups in total. The molecule has 1 aliphatic heterocycles. The summed E-state index contributed by atoms with van der Waals surface area (Å²) in [6.07, 6.45) is 3.08. The molecular weight excluding hydrogens is 256 g/mol. The summed E-state index contributed by atoms with van der Waals surface area (Å²) >= 11 is 0. The standard InChI is InChI=1S/C15H12N2O3/c18-8-13-11-3-1-2-9(10(11)6-7-16-13)12-4-5-14(19)17-15(12)20/h1-3,6-8,12H,4-5H2,(H,17,19,20). The van der Waals surface area contributed by atoms with Crippen molar-refractivity contribution < 1.29 is 14.4 Å². The zero-order valence-corrected chi connectivity index (χ0v) is 10.6. The molecule has 20 heavy (non-hydrogen) atoms. The number of amides is 2. The van der Waals surface area contributed by atoms with Gasteiger partial charge in [-0.1, -0.05) is 18.2 Å². The molecule has 0 saturated carbocycles. The molecule has 0 aliphatic carbocycles. The highest BCUT2D eigenvalue weighted by molar-refractivity contribution is 6.04. The highest BCUT2D eigenvalue weighted by atomic mass is 16.2. The fourth-order valence-corrected chi connectivity index (χ4v) is 2.64. The highest BCUT2D eigenvalue weighted by Crippen LogP contribution is 2.31. The van der Waals surface area contributed by atoms with Crippen molar-refractivity contribution >= 4 is 28.9 Å². The quantitative estimate of drug-likeness (QED) is 0.662.